The highest BCUT2D eigenvalue weighted by Crippen LogP contribution is 2.23. The van der Waals surface area contributed by atoms with Gasteiger partial charge in [-0.15, -0.1) is 11.8 Å². The minimum Gasteiger partial charge on any atom is -0.480 e. The van der Waals surface area contributed by atoms with Gasteiger partial charge in [0, 0.05) is 16.7 Å². The van der Waals surface area contributed by atoms with E-state index in [1.807, 2.05) is 13.8 Å². The maximum absolute atomic E-state index is 11.1. The molecule has 0 radical (unpaired) electrons. The first-order valence-electron chi connectivity index (χ1n) is 6.09. The summed E-state index contributed by atoms with van der Waals surface area (Å²) in [5, 5.41) is 12.2. The first-order chi connectivity index (χ1) is 8.40. The zero-order valence-electron chi connectivity index (χ0n) is 11.4. The lowest BCUT2D eigenvalue weighted by atomic mass is 10.2. The third-order valence-electron chi connectivity index (χ3n) is 2.57. The Bertz CT molecular complexity index is 418. The first kappa shape index (κ1) is 15.1. The second kappa shape index (κ2) is 6.81. The van der Waals surface area contributed by atoms with Crippen LogP contribution < -0.4 is 5.32 Å². The molecule has 2 N–H and O–H groups in total. The first-order valence-corrected chi connectivity index (χ1v) is 7.07. The third kappa shape index (κ3) is 4.70. The summed E-state index contributed by atoms with van der Waals surface area (Å²) in [6, 6.07) is 5.90. The van der Waals surface area contributed by atoms with Gasteiger partial charge in [0.15, 0.2) is 0 Å². The number of benzene rings is 1. The molecule has 100 valence electrons. The Hall–Kier alpha value is -1.00. The molecule has 0 bridgehead atoms. The van der Waals surface area contributed by atoms with E-state index in [4.69, 9.17) is 5.11 Å². The SMILES string of the molecule is Cc1ccc(SCC(NC(C)C)C(=O)O)c(C)c1. The van der Waals surface area contributed by atoms with Gasteiger partial charge in [-0.1, -0.05) is 31.5 Å². The fourth-order valence-electron chi connectivity index (χ4n) is 1.73. The van der Waals surface area contributed by atoms with Gasteiger partial charge in [-0.2, -0.15) is 0 Å². The number of carboxylic acid groups (broad SMARTS) is 1. The fraction of sp³-hybridized carbons (Fsp3) is 0.500. The molecule has 1 unspecified atom stereocenters. The van der Waals surface area contributed by atoms with Crippen LogP contribution in [0.3, 0.4) is 0 Å². The molecule has 1 aromatic carbocycles. The molecule has 0 spiro atoms. The summed E-state index contributed by atoms with van der Waals surface area (Å²) in [4.78, 5) is 12.3. The van der Waals surface area contributed by atoms with Gasteiger partial charge < -0.3 is 10.4 Å². The van der Waals surface area contributed by atoms with Crippen LogP contribution in [0.4, 0.5) is 0 Å². The van der Waals surface area contributed by atoms with Crippen molar-refractivity contribution < 1.29 is 9.90 Å². The summed E-state index contributed by atoms with van der Waals surface area (Å²) in [5.74, 6) is -0.252. The number of carbonyl (C=O) groups is 1. The highest BCUT2D eigenvalue weighted by Gasteiger charge is 2.18. The van der Waals surface area contributed by atoms with Crippen molar-refractivity contribution in [2.45, 2.75) is 44.7 Å². The predicted molar refractivity (Wildman–Crippen MR) is 76.3 cm³/mol. The van der Waals surface area contributed by atoms with Gasteiger partial charge in [0.05, 0.1) is 0 Å². The number of aliphatic carboxylic acids is 1. The zero-order chi connectivity index (χ0) is 13.7. The van der Waals surface area contributed by atoms with Crippen molar-refractivity contribution in [2.75, 3.05) is 5.75 Å². The zero-order valence-corrected chi connectivity index (χ0v) is 12.2. The van der Waals surface area contributed by atoms with Crippen LogP contribution in [-0.2, 0) is 4.79 Å². The molecule has 4 heteroatoms. The maximum Gasteiger partial charge on any atom is 0.321 e. The lowest BCUT2D eigenvalue weighted by Crippen LogP contribution is -2.42. The Labute approximate surface area is 113 Å². The highest BCUT2D eigenvalue weighted by atomic mass is 32.2. The van der Waals surface area contributed by atoms with E-state index >= 15 is 0 Å². The molecule has 0 saturated heterocycles. The molecule has 0 aliphatic rings. The van der Waals surface area contributed by atoms with Gasteiger partial charge in [-0.25, -0.2) is 0 Å². The standard InChI is InChI=1S/C14H21NO2S/c1-9(2)15-12(14(16)17)8-18-13-6-5-10(3)7-11(13)4/h5-7,9,12,15H,8H2,1-4H3,(H,16,17). The van der Waals surface area contributed by atoms with Gasteiger partial charge in [0.2, 0.25) is 0 Å². The fourth-order valence-corrected chi connectivity index (χ4v) is 2.76. The monoisotopic (exact) mass is 267 g/mol. The number of thioether (sulfide) groups is 1. The van der Waals surface area contributed by atoms with Crippen molar-refractivity contribution in [3.8, 4) is 0 Å². The van der Waals surface area contributed by atoms with E-state index < -0.39 is 12.0 Å². The number of aryl methyl sites for hydroxylation is 2. The van der Waals surface area contributed by atoms with Gasteiger partial charge in [-0.3, -0.25) is 4.79 Å². The minimum atomic E-state index is -0.791. The normalized spacial score (nSPS) is 12.7. The van der Waals surface area contributed by atoms with Crippen molar-refractivity contribution >= 4 is 17.7 Å². The summed E-state index contributed by atoms with van der Waals surface area (Å²) in [6.07, 6.45) is 0. The Kier molecular flexibility index (Phi) is 5.69. The molecular formula is C14H21NO2S. The van der Waals surface area contributed by atoms with E-state index in [1.165, 1.54) is 11.1 Å². The summed E-state index contributed by atoms with van der Waals surface area (Å²) in [6.45, 7) is 8.03. The lowest BCUT2D eigenvalue weighted by molar-refractivity contribution is -0.139. The average Bonchev–Trinajstić information content (AvgIpc) is 2.25. The molecule has 18 heavy (non-hydrogen) atoms. The van der Waals surface area contributed by atoms with Crippen LogP contribution >= 0.6 is 11.8 Å². The van der Waals surface area contributed by atoms with Crippen molar-refractivity contribution in [3.63, 3.8) is 0 Å². The molecule has 0 heterocycles. The molecule has 0 saturated carbocycles. The summed E-state index contributed by atoms with van der Waals surface area (Å²) in [7, 11) is 0. The predicted octanol–water partition coefficient (Wildman–Crippen LogP) is 2.85. The highest BCUT2D eigenvalue weighted by molar-refractivity contribution is 7.99. The number of nitrogens with one attached hydrogen (secondary N) is 1. The maximum atomic E-state index is 11.1. The smallest absolute Gasteiger partial charge is 0.321 e. The minimum absolute atomic E-state index is 0.172. The van der Waals surface area contributed by atoms with Gasteiger partial charge in [0.1, 0.15) is 6.04 Å². The molecule has 1 rings (SSSR count). The average molecular weight is 267 g/mol. The van der Waals surface area contributed by atoms with Crippen LogP contribution in [0, 0.1) is 13.8 Å². The Morgan fingerprint density at radius 3 is 2.56 bits per heavy atom. The van der Waals surface area contributed by atoms with E-state index in [2.05, 4.69) is 37.4 Å². The van der Waals surface area contributed by atoms with Gasteiger partial charge in [0.25, 0.3) is 0 Å². The molecule has 1 aromatic rings. The number of hydrogen-bond donors (Lipinski definition) is 2. The quantitative estimate of drug-likeness (QED) is 0.778. The molecule has 0 aliphatic heterocycles. The molecule has 0 aliphatic carbocycles. The summed E-state index contributed by atoms with van der Waals surface area (Å²) < 4.78 is 0. The Morgan fingerprint density at radius 1 is 1.39 bits per heavy atom. The lowest BCUT2D eigenvalue weighted by Gasteiger charge is -2.17. The molecular weight excluding hydrogens is 246 g/mol. The van der Waals surface area contributed by atoms with Crippen molar-refractivity contribution in [1.29, 1.82) is 0 Å². The summed E-state index contributed by atoms with van der Waals surface area (Å²) in [5.41, 5.74) is 2.43. The van der Waals surface area contributed by atoms with Crippen LogP contribution in [-0.4, -0.2) is 28.9 Å². The molecule has 0 fully saturated rings. The van der Waals surface area contributed by atoms with Crippen molar-refractivity contribution in [2.24, 2.45) is 0 Å². The molecule has 3 nitrogen and oxygen atoms in total. The largest absolute Gasteiger partial charge is 0.480 e. The van der Waals surface area contributed by atoms with Crippen LogP contribution in [0.2, 0.25) is 0 Å². The van der Waals surface area contributed by atoms with Crippen molar-refractivity contribution in [1.82, 2.24) is 5.32 Å². The van der Waals surface area contributed by atoms with E-state index in [1.54, 1.807) is 11.8 Å². The molecule has 0 amide bonds. The van der Waals surface area contributed by atoms with Crippen LogP contribution in [0.1, 0.15) is 25.0 Å². The Morgan fingerprint density at radius 2 is 2.06 bits per heavy atom. The third-order valence-corrected chi connectivity index (χ3v) is 3.84. The second-order valence-corrected chi connectivity index (χ2v) is 5.85. The van der Waals surface area contributed by atoms with E-state index in [0.717, 1.165) is 4.90 Å². The number of rotatable bonds is 6. The van der Waals surface area contributed by atoms with Crippen molar-refractivity contribution in [3.05, 3.63) is 29.3 Å². The van der Waals surface area contributed by atoms with Gasteiger partial charge in [-0.05, 0) is 25.5 Å². The van der Waals surface area contributed by atoms with E-state index in [0.29, 0.717) is 5.75 Å². The molecule has 1 atom stereocenters. The van der Waals surface area contributed by atoms with E-state index in [-0.39, 0.29) is 6.04 Å². The Balaban J connectivity index is 2.64. The number of hydrogen-bond acceptors (Lipinski definition) is 3. The van der Waals surface area contributed by atoms with Gasteiger partial charge >= 0.3 is 5.97 Å². The topological polar surface area (TPSA) is 49.3 Å². The van der Waals surface area contributed by atoms with Crippen LogP contribution in [0.5, 0.6) is 0 Å². The molecule has 0 aromatic heterocycles. The number of carboxylic acids is 1. The second-order valence-electron chi connectivity index (χ2n) is 4.79. The van der Waals surface area contributed by atoms with Crippen LogP contribution in [0.15, 0.2) is 23.1 Å². The van der Waals surface area contributed by atoms with E-state index in [9.17, 15) is 4.79 Å². The summed E-state index contributed by atoms with van der Waals surface area (Å²) >= 11 is 1.59. The van der Waals surface area contributed by atoms with Crippen LogP contribution in [0.25, 0.3) is 0 Å².